The Labute approximate surface area is 133 Å². The zero-order valence-corrected chi connectivity index (χ0v) is 14.6. The Morgan fingerprint density at radius 3 is 2.27 bits per heavy atom. The number of hydrogen-bond acceptors (Lipinski definition) is 4. The Bertz CT molecular complexity index is 409. The number of carbonyl (C=O) groups excluding carboxylic acids is 2. The van der Waals surface area contributed by atoms with Crippen LogP contribution in [0.4, 0.5) is 4.79 Å². The van der Waals surface area contributed by atoms with Crippen LogP contribution < -0.4 is 5.32 Å². The van der Waals surface area contributed by atoms with Gasteiger partial charge < -0.3 is 20.1 Å². The van der Waals surface area contributed by atoms with Crippen molar-refractivity contribution in [1.82, 2.24) is 10.2 Å². The lowest BCUT2D eigenvalue weighted by Crippen LogP contribution is -2.53. The summed E-state index contributed by atoms with van der Waals surface area (Å²) in [5.41, 5.74) is -1.24. The van der Waals surface area contributed by atoms with Crippen LogP contribution in [0.15, 0.2) is 0 Å². The number of likely N-dealkylation sites (tertiary alicyclic amines) is 1. The maximum absolute atomic E-state index is 12.0. The molecule has 2 amide bonds. The van der Waals surface area contributed by atoms with Crippen LogP contribution in [0.1, 0.15) is 48.0 Å². The third-order valence-corrected chi connectivity index (χ3v) is 3.68. The molecule has 0 aromatic carbocycles. The lowest BCUT2D eigenvalue weighted by molar-refractivity contribution is -0.132. The summed E-state index contributed by atoms with van der Waals surface area (Å²) in [6.45, 7) is 12.1. The molecular weight excluding hydrogens is 284 g/mol. The number of amides is 2. The molecule has 0 aliphatic carbocycles. The SMILES string of the molecule is CC(CC1CN(C(=O)OC(C)(C)C)C1)NC(=O)C(C)(C)CO. The van der Waals surface area contributed by atoms with Crippen molar-refractivity contribution in [2.24, 2.45) is 11.3 Å². The number of aliphatic hydroxyl groups is 1. The van der Waals surface area contributed by atoms with Gasteiger partial charge in [-0.1, -0.05) is 0 Å². The summed E-state index contributed by atoms with van der Waals surface area (Å²) in [5, 5.41) is 12.1. The molecule has 0 radical (unpaired) electrons. The molecule has 2 N–H and O–H groups in total. The van der Waals surface area contributed by atoms with Crippen LogP contribution in [0, 0.1) is 11.3 Å². The highest BCUT2D eigenvalue weighted by atomic mass is 16.6. The topological polar surface area (TPSA) is 78.9 Å². The van der Waals surface area contributed by atoms with E-state index in [-0.39, 0.29) is 24.6 Å². The van der Waals surface area contributed by atoms with Crippen LogP contribution in [-0.4, -0.2) is 53.3 Å². The third kappa shape index (κ3) is 5.48. The normalized spacial score (nSPS) is 17.7. The number of hydrogen-bond donors (Lipinski definition) is 2. The van der Waals surface area contributed by atoms with Crippen molar-refractivity contribution in [2.45, 2.75) is 59.6 Å². The molecule has 0 aromatic heterocycles. The predicted molar refractivity (Wildman–Crippen MR) is 84.4 cm³/mol. The molecule has 6 heteroatoms. The monoisotopic (exact) mass is 314 g/mol. The molecule has 6 nitrogen and oxygen atoms in total. The van der Waals surface area contributed by atoms with E-state index in [2.05, 4.69) is 5.32 Å². The van der Waals surface area contributed by atoms with E-state index in [9.17, 15) is 14.7 Å². The molecule has 1 aliphatic rings. The third-order valence-electron chi connectivity index (χ3n) is 3.68. The fraction of sp³-hybridized carbons (Fsp3) is 0.875. The van der Waals surface area contributed by atoms with Gasteiger partial charge in [-0.2, -0.15) is 0 Å². The Hall–Kier alpha value is -1.30. The molecule has 1 fully saturated rings. The molecule has 1 atom stereocenters. The van der Waals surface area contributed by atoms with Crippen molar-refractivity contribution in [2.75, 3.05) is 19.7 Å². The average molecular weight is 314 g/mol. The first-order valence-electron chi connectivity index (χ1n) is 7.84. The lowest BCUT2D eigenvalue weighted by atomic mass is 9.90. The first-order valence-corrected chi connectivity index (χ1v) is 7.84. The molecule has 0 spiro atoms. The first kappa shape index (κ1) is 18.7. The average Bonchev–Trinajstić information content (AvgIpc) is 2.30. The van der Waals surface area contributed by atoms with E-state index < -0.39 is 11.0 Å². The van der Waals surface area contributed by atoms with Crippen molar-refractivity contribution < 1.29 is 19.4 Å². The quantitative estimate of drug-likeness (QED) is 0.810. The van der Waals surface area contributed by atoms with Gasteiger partial charge in [0.25, 0.3) is 0 Å². The summed E-state index contributed by atoms with van der Waals surface area (Å²) in [5.74, 6) is 0.228. The van der Waals surface area contributed by atoms with E-state index in [1.54, 1.807) is 18.7 Å². The van der Waals surface area contributed by atoms with Crippen LogP contribution in [0.5, 0.6) is 0 Å². The summed E-state index contributed by atoms with van der Waals surface area (Å²) in [4.78, 5) is 25.5. The van der Waals surface area contributed by atoms with Gasteiger partial charge in [-0.15, -0.1) is 0 Å². The van der Waals surface area contributed by atoms with Crippen molar-refractivity contribution in [1.29, 1.82) is 0 Å². The van der Waals surface area contributed by atoms with Crippen LogP contribution in [0.25, 0.3) is 0 Å². The van der Waals surface area contributed by atoms with Gasteiger partial charge in [0.2, 0.25) is 5.91 Å². The van der Waals surface area contributed by atoms with E-state index >= 15 is 0 Å². The molecular formula is C16H30N2O4. The minimum Gasteiger partial charge on any atom is -0.444 e. The smallest absolute Gasteiger partial charge is 0.410 e. The minimum absolute atomic E-state index is 0.0177. The number of aliphatic hydroxyl groups excluding tert-OH is 1. The Balaban J connectivity index is 2.31. The van der Waals surface area contributed by atoms with E-state index in [1.807, 2.05) is 27.7 Å². The number of nitrogens with zero attached hydrogens (tertiary/aromatic N) is 1. The molecule has 0 aromatic rings. The molecule has 1 aliphatic heterocycles. The van der Waals surface area contributed by atoms with E-state index in [0.717, 1.165) is 6.42 Å². The Kier molecular flexibility index (Phi) is 5.84. The summed E-state index contributed by atoms with van der Waals surface area (Å²) in [7, 11) is 0. The molecule has 0 bridgehead atoms. The number of rotatable bonds is 5. The van der Waals surface area contributed by atoms with E-state index in [0.29, 0.717) is 19.0 Å². The minimum atomic E-state index is -0.767. The summed E-state index contributed by atoms with van der Waals surface area (Å²) in [6.07, 6.45) is 0.536. The molecule has 1 saturated heterocycles. The number of ether oxygens (including phenoxy) is 1. The van der Waals surface area contributed by atoms with Gasteiger partial charge in [0.05, 0.1) is 12.0 Å². The fourth-order valence-corrected chi connectivity index (χ4v) is 2.24. The van der Waals surface area contributed by atoms with Gasteiger partial charge in [-0.25, -0.2) is 4.79 Å². The van der Waals surface area contributed by atoms with Crippen LogP contribution in [0.2, 0.25) is 0 Å². The van der Waals surface area contributed by atoms with Crippen LogP contribution in [0.3, 0.4) is 0 Å². The van der Waals surface area contributed by atoms with Crippen LogP contribution >= 0.6 is 0 Å². The summed E-state index contributed by atoms with van der Waals surface area (Å²) in [6, 6.07) is 0.0177. The molecule has 1 heterocycles. The van der Waals surface area contributed by atoms with Gasteiger partial charge in [-0.05, 0) is 53.9 Å². The second kappa shape index (κ2) is 6.86. The largest absolute Gasteiger partial charge is 0.444 e. The zero-order valence-electron chi connectivity index (χ0n) is 14.6. The van der Waals surface area contributed by atoms with Crippen molar-refractivity contribution >= 4 is 12.0 Å². The van der Waals surface area contributed by atoms with Crippen molar-refractivity contribution in [3.05, 3.63) is 0 Å². The highest BCUT2D eigenvalue weighted by Crippen LogP contribution is 2.23. The predicted octanol–water partition coefficient (Wildman–Crippen LogP) is 1.77. The highest BCUT2D eigenvalue weighted by Gasteiger charge is 2.35. The summed E-state index contributed by atoms with van der Waals surface area (Å²) < 4.78 is 5.31. The van der Waals surface area contributed by atoms with Gasteiger partial charge >= 0.3 is 6.09 Å². The van der Waals surface area contributed by atoms with E-state index in [1.165, 1.54) is 0 Å². The van der Waals surface area contributed by atoms with Crippen molar-refractivity contribution in [3.63, 3.8) is 0 Å². The van der Waals surface area contributed by atoms with Crippen molar-refractivity contribution in [3.8, 4) is 0 Å². The zero-order chi connectivity index (χ0) is 17.1. The summed E-state index contributed by atoms with van der Waals surface area (Å²) >= 11 is 0. The van der Waals surface area contributed by atoms with Gasteiger partial charge in [0, 0.05) is 19.1 Å². The molecule has 1 rings (SSSR count). The molecule has 22 heavy (non-hydrogen) atoms. The van der Waals surface area contributed by atoms with Crippen LogP contribution in [-0.2, 0) is 9.53 Å². The fourth-order valence-electron chi connectivity index (χ4n) is 2.24. The number of carbonyl (C=O) groups is 2. The second-order valence-electron chi connectivity index (χ2n) is 7.90. The Morgan fingerprint density at radius 1 is 1.27 bits per heavy atom. The first-order chi connectivity index (χ1) is 9.94. The van der Waals surface area contributed by atoms with Gasteiger partial charge in [-0.3, -0.25) is 4.79 Å². The maximum atomic E-state index is 12.0. The van der Waals surface area contributed by atoms with Gasteiger partial charge in [0.1, 0.15) is 5.60 Å². The number of nitrogens with one attached hydrogen (secondary N) is 1. The Morgan fingerprint density at radius 2 is 1.82 bits per heavy atom. The molecule has 1 unspecified atom stereocenters. The standard InChI is InChI=1S/C16H30N2O4/c1-11(17-13(20)16(5,6)10-19)7-12-8-18(9-12)14(21)22-15(2,3)4/h11-12,19H,7-10H2,1-6H3,(H,17,20). The molecule has 128 valence electrons. The molecule has 0 saturated carbocycles. The highest BCUT2D eigenvalue weighted by molar-refractivity contribution is 5.82. The lowest BCUT2D eigenvalue weighted by Gasteiger charge is -2.41. The maximum Gasteiger partial charge on any atom is 0.410 e. The van der Waals surface area contributed by atoms with Gasteiger partial charge in [0.15, 0.2) is 0 Å². The van der Waals surface area contributed by atoms with E-state index in [4.69, 9.17) is 4.74 Å². The second-order valence-corrected chi connectivity index (χ2v) is 7.90.